The van der Waals surface area contributed by atoms with E-state index in [0.717, 1.165) is 11.3 Å². The van der Waals surface area contributed by atoms with Gasteiger partial charge in [0, 0.05) is 0 Å². The van der Waals surface area contributed by atoms with Crippen LogP contribution in [0, 0.1) is 0 Å². The van der Waals surface area contributed by atoms with E-state index in [1.165, 1.54) is 0 Å². The number of hydrogen-bond acceptors (Lipinski definition) is 4. The van der Waals surface area contributed by atoms with Gasteiger partial charge in [-0.15, -0.1) is 0 Å². The summed E-state index contributed by atoms with van der Waals surface area (Å²) in [6.45, 7) is 2.13. The molecule has 0 amide bonds. The summed E-state index contributed by atoms with van der Waals surface area (Å²) in [7, 11) is -1.62. The first kappa shape index (κ1) is 15.6. The first-order valence-electron chi connectivity index (χ1n) is 6.76. The third-order valence-electron chi connectivity index (χ3n) is 2.85. The van der Waals surface area contributed by atoms with Gasteiger partial charge in [0.2, 0.25) is 0 Å². The third-order valence-corrected chi connectivity index (χ3v) is 4.74. The minimum Gasteiger partial charge on any atom is -0.497 e. The van der Waals surface area contributed by atoms with Crippen molar-refractivity contribution < 1.29 is 18.3 Å². The van der Waals surface area contributed by atoms with Gasteiger partial charge in [-0.1, -0.05) is 30.3 Å². The fourth-order valence-corrected chi connectivity index (χ4v) is 3.60. The molecule has 1 atom stereocenters. The lowest BCUT2D eigenvalue weighted by Crippen LogP contribution is -2.01. The second-order valence-corrected chi connectivity index (χ2v) is 6.42. The number of hydrogen-bond donors (Lipinski definition) is 0. The van der Waals surface area contributed by atoms with Crippen LogP contribution in [0.15, 0.2) is 54.6 Å². The molecule has 21 heavy (non-hydrogen) atoms. The van der Waals surface area contributed by atoms with Crippen LogP contribution in [0.25, 0.3) is 0 Å². The number of methoxy groups -OCH3 is 1. The molecule has 0 radical (unpaired) electrons. The Morgan fingerprint density at radius 2 is 1.62 bits per heavy atom. The van der Waals surface area contributed by atoms with Gasteiger partial charge in [-0.2, -0.15) is 0 Å². The molecule has 2 rings (SSSR count). The van der Waals surface area contributed by atoms with Crippen molar-refractivity contribution in [1.29, 1.82) is 0 Å². The molecule has 0 saturated heterocycles. The van der Waals surface area contributed by atoms with Gasteiger partial charge in [-0.25, -0.2) is 4.57 Å². The Morgan fingerprint density at radius 3 is 2.19 bits per heavy atom. The quantitative estimate of drug-likeness (QED) is 0.706. The molecule has 0 aliphatic heterocycles. The smallest absolute Gasteiger partial charge is 0.383 e. The predicted molar refractivity (Wildman–Crippen MR) is 83.0 cm³/mol. The average Bonchev–Trinajstić information content (AvgIpc) is 2.49. The van der Waals surface area contributed by atoms with Crippen LogP contribution in [0.3, 0.4) is 0 Å². The molecule has 1 unspecified atom stereocenters. The summed E-state index contributed by atoms with van der Waals surface area (Å²) in [6, 6.07) is 16.4. The Morgan fingerprint density at radius 1 is 0.952 bits per heavy atom. The van der Waals surface area contributed by atoms with Crippen LogP contribution in [0.2, 0.25) is 0 Å². The van der Waals surface area contributed by atoms with E-state index in [2.05, 4.69) is 0 Å². The maximum absolute atomic E-state index is 12.8. The fourth-order valence-electron chi connectivity index (χ4n) is 1.90. The largest absolute Gasteiger partial charge is 0.497 e. The zero-order chi connectivity index (χ0) is 15.1. The molecule has 0 spiro atoms. The molecule has 0 aromatic heterocycles. The molecular formula is C16H19O4P. The summed E-state index contributed by atoms with van der Waals surface area (Å²) in [5.74, 6) is 1.30. The van der Waals surface area contributed by atoms with E-state index < -0.39 is 7.60 Å². The Kier molecular flexibility index (Phi) is 5.43. The minimum absolute atomic E-state index is 0.222. The number of rotatable bonds is 7. The Balaban J connectivity index is 2.15. The van der Waals surface area contributed by atoms with Gasteiger partial charge in [0.05, 0.1) is 19.9 Å². The molecule has 0 aliphatic carbocycles. The van der Waals surface area contributed by atoms with Crippen molar-refractivity contribution in [2.75, 3.05) is 13.7 Å². The highest BCUT2D eigenvalue weighted by atomic mass is 31.2. The van der Waals surface area contributed by atoms with Gasteiger partial charge in [-0.05, 0) is 36.8 Å². The normalized spacial score (nSPS) is 13.4. The Bertz CT molecular complexity index is 595. The molecule has 2 aromatic rings. The standard InChI is InChI=1S/C16H19O4P/c1-3-19-21(17,20-16-7-5-4-6-8-16)13-14-9-11-15(18-2)12-10-14/h4-12H,3,13H2,1-2H3. The van der Waals surface area contributed by atoms with E-state index in [1.54, 1.807) is 26.2 Å². The van der Waals surface area contributed by atoms with E-state index in [9.17, 15) is 4.57 Å². The van der Waals surface area contributed by atoms with E-state index in [0.29, 0.717) is 12.4 Å². The molecule has 4 nitrogen and oxygen atoms in total. The van der Waals surface area contributed by atoms with Crippen molar-refractivity contribution >= 4 is 7.60 Å². The monoisotopic (exact) mass is 306 g/mol. The number of ether oxygens (including phenoxy) is 1. The zero-order valence-corrected chi connectivity index (χ0v) is 13.1. The lowest BCUT2D eigenvalue weighted by molar-refractivity contribution is 0.278. The van der Waals surface area contributed by atoms with Crippen molar-refractivity contribution in [1.82, 2.24) is 0 Å². The molecule has 0 bridgehead atoms. The summed E-state index contributed by atoms with van der Waals surface area (Å²) in [5, 5.41) is 0. The molecule has 2 aromatic carbocycles. The van der Waals surface area contributed by atoms with E-state index in [-0.39, 0.29) is 6.16 Å². The van der Waals surface area contributed by atoms with E-state index >= 15 is 0 Å². The summed E-state index contributed by atoms with van der Waals surface area (Å²) < 4.78 is 28.9. The Labute approximate surface area is 125 Å². The lowest BCUT2D eigenvalue weighted by atomic mass is 10.2. The SMILES string of the molecule is CCOP(=O)(Cc1ccc(OC)cc1)Oc1ccccc1. The number of benzene rings is 2. The van der Waals surface area contributed by atoms with Crippen LogP contribution in [-0.4, -0.2) is 13.7 Å². The van der Waals surface area contributed by atoms with Gasteiger partial charge in [0.25, 0.3) is 0 Å². The van der Waals surface area contributed by atoms with Crippen LogP contribution in [-0.2, 0) is 15.3 Å². The molecule has 0 aliphatic rings. The van der Waals surface area contributed by atoms with Gasteiger partial charge in [-0.3, -0.25) is 4.52 Å². The van der Waals surface area contributed by atoms with Crippen molar-refractivity contribution in [3.8, 4) is 11.5 Å². The second kappa shape index (κ2) is 7.30. The highest BCUT2D eigenvalue weighted by molar-refractivity contribution is 7.53. The molecule has 0 saturated carbocycles. The van der Waals surface area contributed by atoms with Crippen LogP contribution in [0.4, 0.5) is 0 Å². The minimum atomic E-state index is -3.23. The van der Waals surface area contributed by atoms with E-state index in [4.69, 9.17) is 13.8 Å². The highest BCUT2D eigenvalue weighted by Crippen LogP contribution is 2.51. The average molecular weight is 306 g/mol. The van der Waals surface area contributed by atoms with Crippen molar-refractivity contribution in [2.45, 2.75) is 13.1 Å². The molecule has 0 heterocycles. The fraction of sp³-hybridized carbons (Fsp3) is 0.250. The Hall–Kier alpha value is -1.77. The van der Waals surface area contributed by atoms with Crippen LogP contribution < -0.4 is 9.26 Å². The maximum atomic E-state index is 12.8. The van der Waals surface area contributed by atoms with Crippen LogP contribution in [0.5, 0.6) is 11.5 Å². The lowest BCUT2D eigenvalue weighted by Gasteiger charge is -2.19. The second-order valence-electron chi connectivity index (χ2n) is 4.44. The first-order chi connectivity index (χ1) is 10.1. The summed E-state index contributed by atoms with van der Waals surface area (Å²) >= 11 is 0. The third kappa shape index (κ3) is 4.62. The van der Waals surface area contributed by atoms with E-state index in [1.807, 2.05) is 42.5 Å². The first-order valence-corrected chi connectivity index (χ1v) is 8.49. The summed E-state index contributed by atoms with van der Waals surface area (Å²) in [6.07, 6.45) is 0.222. The maximum Gasteiger partial charge on any atom is 0.383 e. The van der Waals surface area contributed by atoms with Gasteiger partial charge in [0.15, 0.2) is 0 Å². The molecule has 112 valence electrons. The molecular weight excluding hydrogens is 287 g/mol. The topological polar surface area (TPSA) is 44.8 Å². The zero-order valence-electron chi connectivity index (χ0n) is 12.2. The summed E-state index contributed by atoms with van der Waals surface area (Å²) in [5.41, 5.74) is 0.878. The van der Waals surface area contributed by atoms with Gasteiger partial charge in [0.1, 0.15) is 11.5 Å². The van der Waals surface area contributed by atoms with Gasteiger partial charge >= 0.3 is 7.60 Å². The van der Waals surface area contributed by atoms with Crippen molar-refractivity contribution in [3.63, 3.8) is 0 Å². The van der Waals surface area contributed by atoms with Crippen LogP contribution in [0.1, 0.15) is 12.5 Å². The molecule has 0 N–H and O–H groups in total. The molecule has 0 fully saturated rings. The van der Waals surface area contributed by atoms with Crippen LogP contribution >= 0.6 is 7.60 Å². The predicted octanol–water partition coefficient (Wildman–Crippen LogP) is 4.50. The van der Waals surface area contributed by atoms with Crippen molar-refractivity contribution in [2.24, 2.45) is 0 Å². The summed E-state index contributed by atoms with van der Waals surface area (Å²) in [4.78, 5) is 0. The highest BCUT2D eigenvalue weighted by Gasteiger charge is 2.26. The number of para-hydroxylation sites is 1. The molecule has 5 heteroatoms. The van der Waals surface area contributed by atoms with Crippen molar-refractivity contribution in [3.05, 3.63) is 60.2 Å². The van der Waals surface area contributed by atoms with Gasteiger partial charge < -0.3 is 9.26 Å².